The molecule has 0 unspecified atom stereocenters. The molecule has 0 amide bonds. The van der Waals surface area contributed by atoms with Crippen molar-refractivity contribution in [1.82, 2.24) is 0 Å². The number of rotatable bonds is 1. The Hall–Kier alpha value is -1.00. The lowest BCUT2D eigenvalue weighted by atomic mass is 10.1. The van der Waals surface area contributed by atoms with E-state index >= 15 is 0 Å². The third-order valence-corrected chi connectivity index (χ3v) is 4.75. The molecule has 0 fully saturated rings. The summed E-state index contributed by atoms with van der Waals surface area (Å²) in [6, 6.07) is 11.6. The van der Waals surface area contributed by atoms with Crippen LogP contribution in [-0.2, 0) is 0 Å². The van der Waals surface area contributed by atoms with Gasteiger partial charge in [0.15, 0.2) is 0 Å². The lowest BCUT2D eigenvalue weighted by Gasteiger charge is -2.18. The highest BCUT2D eigenvalue weighted by Crippen LogP contribution is 2.34. The lowest BCUT2D eigenvalue weighted by molar-refractivity contribution is 1.43. The molecule has 0 saturated carbocycles. The summed E-state index contributed by atoms with van der Waals surface area (Å²) in [6.45, 7) is 2.04. The SMILES string of the molecule is Cc1ccc(N2C(=S)c3cc(Cl)c(Cl)cc3C2=S)cc1. The van der Waals surface area contributed by atoms with Crippen molar-refractivity contribution in [3.8, 4) is 0 Å². The van der Waals surface area contributed by atoms with Gasteiger partial charge in [-0.2, -0.15) is 0 Å². The van der Waals surface area contributed by atoms with Gasteiger partial charge in [0.25, 0.3) is 0 Å². The van der Waals surface area contributed by atoms with E-state index in [0.717, 1.165) is 16.8 Å². The van der Waals surface area contributed by atoms with Crippen molar-refractivity contribution < 1.29 is 0 Å². The van der Waals surface area contributed by atoms with E-state index in [1.807, 2.05) is 36.1 Å². The molecule has 100 valence electrons. The number of anilines is 1. The Kier molecular flexibility index (Phi) is 3.55. The fourth-order valence-electron chi connectivity index (χ4n) is 2.16. The van der Waals surface area contributed by atoms with Gasteiger partial charge in [-0.1, -0.05) is 65.3 Å². The molecule has 0 radical (unpaired) electrons. The van der Waals surface area contributed by atoms with E-state index in [9.17, 15) is 0 Å². The Morgan fingerprint density at radius 1 is 0.850 bits per heavy atom. The van der Waals surface area contributed by atoms with Crippen LogP contribution in [0.3, 0.4) is 0 Å². The van der Waals surface area contributed by atoms with Crippen LogP contribution in [0.5, 0.6) is 0 Å². The number of hydrogen-bond acceptors (Lipinski definition) is 2. The molecule has 3 rings (SSSR count). The number of aryl methyl sites for hydroxylation is 1. The van der Waals surface area contributed by atoms with Gasteiger partial charge in [-0.15, -0.1) is 0 Å². The van der Waals surface area contributed by atoms with Crippen LogP contribution in [0.1, 0.15) is 16.7 Å². The number of fused-ring (bicyclic) bond motifs is 1. The molecule has 2 aromatic rings. The predicted molar refractivity (Wildman–Crippen MR) is 93.5 cm³/mol. The van der Waals surface area contributed by atoms with Crippen LogP contribution in [0.25, 0.3) is 0 Å². The Bertz CT molecular complexity index is 697. The highest BCUT2D eigenvalue weighted by atomic mass is 35.5. The standard InChI is InChI=1S/C15H9Cl2NS2/c1-8-2-4-9(5-3-8)18-14(19)10-6-12(16)13(17)7-11(10)15(18)20/h2-7H,1H3. The molecule has 1 aliphatic heterocycles. The first-order chi connectivity index (χ1) is 9.49. The summed E-state index contributed by atoms with van der Waals surface area (Å²) in [5, 5.41) is 0.975. The third kappa shape index (κ3) is 2.15. The van der Waals surface area contributed by atoms with Crippen LogP contribution in [0.4, 0.5) is 5.69 Å². The first kappa shape index (κ1) is 14.0. The molecule has 0 bridgehead atoms. The van der Waals surface area contributed by atoms with Crippen LogP contribution in [-0.4, -0.2) is 9.98 Å². The van der Waals surface area contributed by atoms with E-state index in [1.165, 1.54) is 5.56 Å². The van der Waals surface area contributed by atoms with E-state index < -0.39 is 0 Å². The quantitative estimate of drug-likeness (QED) is 0.660. The number of hydrogen-bond donors (Lipinski definition) is 0. The monoisotopic (exact) mass is 337 g/mol. The van der Waals surface area contributed by atoms with Crippen molar-refractivity contribution in [2.24, 2.45) is 0 Å². The normalized spacial score (nSPS) is 13.8. The van der Waals surface area contributed by atoms with Gasteiger partial charge in [-0.05, 0) is 31.2 Å². The number of thiocarbonyl (C=S) groups is 2. The van der Waals surface area contributed by atoms with Gasteiger partial charge in [0.1, 0.15) is 9.98 Å². The highest BCUT2D eigenvalue weighted by molar-refractivity contribution is 7.83. The van der Waals surface area contributed by atoms with Gasteiger partial charge in [0.05, 0.1) is 10.0 Å². The second kappa shape index (κ2) is 5.08. The molecule has 0 aliphatic carbocycles. The molecule has 0 atom stereocenters. The van der Waals surface area contributed by atoms with Crippen molar-refractivity contribution in [2.45, 2.75) is 6.92 Å². The van der Waals surface area contributed by atoms with Gasteiger partial charge >= 0.3 is 0 Å². The fourth-order valence-corrected chi connectivity index (χ4v) is 3.28. The molecular formula is C15H9Cl2NS2. The van der Waals surface area contributed by atoms with Crippen LogP contribution in [0.2, 0.25) is 10.0 Å². The summed E-state index contributed by atoms with van der Waals surface area (Å²) in [4.78, 5) is 3.20. The molecule has 0 saturated heterocycles. The summed E-state index contributed by atoms with van der Waals surface area (Å²) < 4.78 is 0. The summed E-state index contributed by atoms with van der Waals surface area (Å²) in [5.41, 5.74) is 3.86. The maximum absolute atomic E-state index is 6.07. The smallest absolute Gasteiger partial charge is 0.119 e. The average Bonchev–Trinajstić information content (AvgIpc) is 2.65. The maximum atomic E-state index is 6.07. The number of nitrogens with zero attached hydrogens (tertiary/aromatic N) is 1. The summed E-state index contributed by atoms with van der Waals surface area (Å²) >= 11 is 23.2. The van der Waals surface area contributed by atoms with Gasteiger partial charge in [0.2, 0.25) is 0 Å². The zero-order valence-corrected chi connectivity index (χ0v) is 13.6. The second-order valence-electron chi connectivity index (χ2n) is 4.59. The van der Waals surface area contributed by atoms with Gasteiger partial charge in [-0.3, -0.25) is 4.90 Å². The van der Waals surface area contributed by atoms with E-state index in [1.54, 1.807) is 12.1 Å². The van der Waals surface area contributed by atoms with Crippen molar-refractivity contribution in [3.63, 3.8) is 0 Å². The van der Waals surface area contributed by atoms with Gasteiger partial charge in [-0.25, -0.2) is 0 Å². The first-order valence-electron chi connectivity index (χ1n) is 5.93. The molecule has 1 nitrogen and oxygen atoms in total. The largest absolute Gasteiger partial charge is 0.291 e. The molecule has 0 aromatic heterocycles. The average molecular weight is 338 g/mol. The van der Waals surface area contributed by atoms with Crippen molar-refractivity contribution in [1.29, 1.82) is 0 Å². The summed E-state index contributed by atoms with van der Waals surface area (Å²) in [6.07, 6.45) is 0. The fraction of sp³-hybridized carbons (Fsp3) is 0.0667. The molecule has 0 spiro atoms. The molecule has 1 heterocycles. The maximum Gasteiger partial charge on any atom is 0.119 e. The van der Waals surface area contributed by atoms with E-state index in [0.29, 0.717) is 20.0 Å². The second-order valence-corrected chi connectivity index (χ2v) is 6.18. The predicted octanol–water partition coefficient (Wildman–Crippen LogP) is 5.17. The van der Waals surface area contributed by atoms with Crippen molar-refractivity contribution in [2.75, 3.05) is 4.90 Å². The molecule has 5 heteroatoms. The van der Waals surface area contributed by atoms with Gasteiger partial charge in [0, 0.05) is 16.8 Å². The molecular weight excluding hydrogens is 329 g/mol. The third-order valence-electron chi connectivity index (χ3n) is 3.22. The number of benzene rings is 2. The van der Waals surface area contributed by atoms with Gasteiger partial charge < -0.3 is 0 Å². The summed E-state index contributed by atoms with van der Waals surface area (Å²) in [7, 11) is 0. The van der Waals surface area contributed by atoms with Crippen molar-refractivity contribution in [3.05, 3.63) is 63.1 Å². The first-order valence-corrected chi connectivity index (χ1v) is 7.51. The van der Waals surface area contributed by atoms with Crippen LogP contribution in [0.15, 0.2) is 36.4 Å². The number of halogens is 2. The molecule has 0 N–H and O–H groups in total. The zero-order chi connectivity index (χ0) is 14.4. The Morgan fingerprint density at radius 3 is 1.75 bits per heavy atom. The van der Waals surface area contributed by atoms with E-state index in [4.69, 9.17) is 47.6 Å². The minimum Gasteiger partial charge on any atom is -0.291 e. The van der Waals surface area contributed by atoms with Crippen molar-refractivity contribution >= 4 is 63.3 Å². The minimum atomic E-state index is 0.487. The van der Waals surface area contributed by atoms with Crippen LogP contribution in [0, 0.1) is 6.92 Å². The van der Waals surface area contributed by atoms with E-state index in [2.05, 4.69) is 0 Å². The Labute approximate surface area is 138 Å². The molecule has 1 aliphatic rings. The Balaban J connectivity index is 2.12. The summed E-state index contributed by atoms with van der Waals surface area (Å²) in [5.74, 6) is 0. The zero-order valence-electron chi connectivity index (χ0n) is 10.5. The molecule has 2 aromatic carbocycles. The molecule has 20 heavy (non-hydrogen) atoms. The van der Waals surface area contributed by atoms with E-state index in [-0.39, 0.29) is 0 Å². The highest BCUT2D eigenvalue weighted by Gasteiger charge is 2.31. The Morgan fingerprint density at radius 2 is 1.30 bits per heavy atom. The van der Waals surface area contributed by atoms with Crippen LogP contribution < -0.4 is 4.90 Å². The lowest BCUT2D eigenvalue weighted by Crippen LogP contribution is -2.27. The minimum absolute atomic E-state index is 0.487. The van der Waals surface area contributed by atoms with Crippen LogP contribution >= 0.6 is 47.6 Å². The topological polar surface area (TPSA) is 3.24 Å².